The number of nitrogens with zero attached hydrogens (tertiary/aromatic N) is 2. The molecule has 0 aliphatic heterocycles. The number of nitrogens with two attached hydrogens (primary N) is 1. The van der Waals surface area contributed by atoms with Gasteiger partial charge in [-0.25, -0.2) is 15.8 Å². The van der Waals surface area contributed by atoms with Gasteiger partial charge in [0.1, 0.15) is 17.5 Å². The summed E-state index contributed by atoms with van der Waals surface area (Å²) in [5.41, 5.74) is 4.06. The minimum Gasteiger partial charge on any atom is -0.369 e. The molecule has 0 spiro atoms. The van der Waals surface area contributed by atoms with Crippen molar-refractivity contribution in [2.45, 2.75) is 40.5 Å². The third kappa shape index (κ3) is 2.41. The standard InChI is InChI=1S/C13H23N5/c1-8(2)13(5-6-13)7-15-11-9(3)12(18-14)17-10(4)16-11/h8H,5-7,14H2,1-4H3,(H2,15,16,17,18). The zero-order valence-electron chi connectivity index (χ0n) is 11.7. The summed E-state index contributed by atoms with van der Waals surface area (Å²) in [6.07, 6.45) is 2.62. The van der Waals surface area contributed by atoms with Crippen molar-refractivity contribution in [1.82, 2.24) is 9.97 Å². The number of nitrogens with one attached hydrogen (secondary N) is 2. The second-order valence-corrected chi connectivity index (χ2v) is 5.61. The molecule has 5 nitrogen and oxygen atoms in total. The molecule has 1 saturated carbocycles. The number of hydrogen-bond donors (Lipinski definition) is 3. The highest BCUT2D eigenvalue weighted by Gasteiger charge is 2.45. The van der Waals surface area contributed by atoms with E-state index in [1.54, 1.807) is 0 Å². The van der Waals surface area contributed by atoms with Gasteiger partial charge in [0.2, 0.25) is 0 Å². The van der Waals surface area contributed by atoms with E-state index in [9.17, 15) is 0 Å². The average Bonchev–Trinajstić information content (AvgIpc) is 3.11. The van der Waals surface area contributed by atoms with Gasteiger partial charge in [-0.05, 0) is 38.0 Å². The molecule has 0 unspecified atom stereocenters. The summed E-state index contributed by atoms with van der Waals surface area (Å²) < 4.78 is 0. The fourth-order valence-corrected chi connectivity index (χ4v) is 2.32. The molecule has 0 bridgehead atoms. The van der Waals surface area contributed by atoms with E-state index in [4.69, 9.17) is 5.84 Å². The van der Waals surface area contributed by atoms with E-state index in [0.29, 0.717) is 17.2 Å². The van der Waals surface area contributed by atoms with Crippen LogP contribution >= 0.6 is 0 Å². The molecule has 100 valence electrons. The van der Waals surface area contributed by atoms with Crippen LogP contribution in [0.2, 0.25) is 0 Å². The lowest BCUT2D eigenvalue weighted by atomic mass is 9.92. The first-order valence-electron chi connectivity index (χ1n) is 6.54. The number of nitrogen functional groups attached to an aromatic ring is 1. The summed E-state index contributed by atoms with van der Waals surface area (Å²) in [4.78, 5) is 8.71. The summed E-state index contributed by atoms with van der Waals surface area (Å²) in [7, 11) is 0. The molecule has 1 aliphatic carbocycles. The van der Waals surface area contributed by atoms with E-state index in [1.807, 2.05) is 13.8 Å². The van der Waals surface area contributed by atoms with Crippen molar-refractivity contribution in [3.63, 3.8) is 0 Å². The predicted molar refractivity (Wildman–Crippen MR) is 74.3 cm³/mol. The molecule has 1 aliphatic rings. The molecule has 0 aromatic carbocycles. The van der Waals surface area contributed by atoms with Crippen molar-refractivity contribution >= 4 is 11.6 Å². The number of aromatic nitrogens is 2. The Labute approximate surface area is 109 Å². The first-order chi connectivity index (χ1) is 8.48. The van der Waals surface area contributed by atoms with Crippen LogP contribution in [0.25, 0.3) is 0 Å². The maximum atomic E-state index is 5.46. The van der Waals surface area contributed by atoms with Crippen LogP contribution in [0, 0.1) is 25.2 Å². The summed E-state index contributed by atoms with van der Waals surface area (Å²) >= 11 is 0. The molecule has 1 aromatic rings. The van der Waals surface area contributed by atoms with Crippen molar-refractivity contribution in [2.24, 2.45) is 17.2 Å². The van der Waals surface area contributed by atoms with Gasteiger partial charge in [0.05, 0.1) is 0 Å². The largest absolute Gasteiger partial charge is 0.369 e. The summed E-state index contributed by atoms with van der Waals surface area (Å²) in [5.74, 6) is 8.48. The first-order valence-corrected chi connectivity index (χ1v) is 6.54. The van der Waals surface area contributed by atoms with Gasteiger partial charge in [-0.2, -0.15) is 0 Å². The number of hydrazine groups is 1. The Morgan fingerprint density at radius 1 is 1.22 bits per heavy atom. The molecule has 2 rings (SSSR count). The fourth-order valence-electron chi connectivity index (χ4n) is 2.32. The number of rotatable bonds is 5. The molecule has 0 saturated heterocycles. The first kappa shape index (κ1) is 13.1. The minimum absolute atomic E-state index is 0.460. The molecular weight excluding hydrogens is 226 g/mol. The van der Waals surface area contributed by atoms with Gasteiger partial charge in [-0.15, -0.1) is 0 Å². The Hall–Kier alpha value is -1.36. The summed E-state index contributed by atoms with van der Waals surface area (Å²) in [6, 6.07) is 0. The third-order valence-corrected chi connectivity index (χ3v) is 4.12. The number of anilines is 2. The lowest BCUT2D eigenvalue weighted by Gasteiger charge is -2.21. The van der Waals surface area contributed by atoms with Crippen molar-refractivity contribution < 1.29 is 0 Å². The van der Waals surface area contributed by atoms with Crippen molar-refractivity contribution in [3.8, 4) is 0 Å². The molecule has 4 N–H and O–H groups in total. The van der Waals surface area contributed by atoms with Gasteiger partial charge < -0.3 is 10.7 Å². The van der Waals surface area contributed by atoms with Crippen LogP contribution < -0.4 is 16.6 Å². The van der Waals surface area contributed by atoms with E-state index in [1.165, 1.54) is 12.8 Å². The van der Waals surface area contributed by atoms with Gasteiger partial charge in [0.25, 0.3) is 0 Å². The third-order valence-electron chi connectivity index (χ3n) is 4.12. The minimum atomic E-state index is 0.460. The van der Waals surface area contributed by atoms with E-state index in [2.05, 4.69) is 34.6 Å². The van der Waals surface area contributed by atoms with Crippen LogP contribution in [0.1, 0.15) is 38.1 Å². The van der Waals surface area contributed by atoms with Gasteiger partial charge in [0.15, 0.2) is 0 Å². The van der Waals surface area contributed by atoms with Crippen LogP contribution in [-0.4, -0.2) is 16.5 Å². The molecule has 0 amide bonds. The van der Waals surface area contributed by atoms with Crippen LogP contribution in [-0.2, 0) is 0 Å². The Balaban J connectivity index is 2.12. The summed E-state index contributed by atoms with van der Waals surface area (Å²) in [6.45, 7) is 9.41. The van der Waals surface area contributed by atoms with E-state index in [0.717, 1.165) is 23.8 Å². The quantitative estimate of drug-likeness (QED) is 0.551. The van der Waals surface area contributed by atoms with Crippen LogP contribution in [0.15, 0.2) is 0 Å². The second-order valence-electron chi connectivity index (χ2n) is 5.61. The number of aryl methyl sites for hydroxylation is 1. The zero-order valence-corrected chi connectivity index (χ0v) is 11.7. The highest BCUT2D eigenvalue weighted by Crippen LogP contribution is 2.51. The molecule has 5 heteroatoms. The zero-order chi connectivity index (χ0) is 13.3. The fraction of sp³-hybridized carbons (Fsp3) is 0.692. The molecular formula is C13H23N5. The Morgan fingerprint density at radius 3 is 2.33 bits per heavy atom. The average molecular weight is 249 g/mol. The predicted octanol–water partition coefficient (Wildman–Crippen LogP) is 2.23. The van der Waals surface area contributed by atoms with Crippen molar-refractivity contribution in [1.29, 1.82) is 0 Å². The lowest BCUT2D eigenvalue weighted by molar-refractivity contribution is 0.379. The molecule has 1 aromatic heterocycles. The monoisotopic (exact) mass is 249 g/mol. The Kier molecular flexibility index (Phi) is 3.43. The summed E-state index contributed by atoms with van der Waals surface area (Å²) in [5, 5.41) is 3.47. The molecule has 1 fully saturated rings. The maximum Gasteiger partial charge on any atom is 0.148 e. The van der Waals surface area contributed by atoms with Gasteiger partial charge in [-0.3, -0.25) is 0 Å². The Morgan fingerprint density at radius 2 is 1.83 bits per heavy atom. The molecule has 0 radical (unpaired) electrons. The molecule has 18 heavy (non-hydrogen) atoms. The van der Waals surface area contributed by atoms with E-state index < -0.39 is 0 Å². The van der Waals surface area contributed by atoms with Crippen LogP contribution in [0.5, 0.6) is 0 Å². The van der Waals surface area contributed by atoms with Gasteiger partial charge in [0, 0.05) is 12.1 Å². The highest BCUT2D eigenvalue weighted by atomic mass is 15.3. The normalized spacial score (nSPS) is 16.8. The topological polar surface area (TPSA) is 75.9 Å². The SMILES string of the molecule is Cc1nc(NN)c(C)c(NCC2(C(C)C)CC2)n1. The van der Waals surface area contributed by atoms with Crippen LogP contribution in [0.4, 0.5) is 11.6 Å². The number of hydrogen-bond acceptors (Lipinski definition) is 5. The molecule has 1 heterocycles. The van der Waals surface area contributed by atoms with Crippen molar-refractivity contribution in [3.05, 3.63) is 11.4 Å². The second kappa shape index (κ2) is 4.72. The maximum absolute atomic E-state index is 5.46. The molecule has 0 atom stereocenters. The highest BCUT2D eigenvalue weighted by molar-refractivity contribution is 5.56. The van der Waals surface area contributed by atoms with Crippen molar-refractivity contribution in [2.75, 3.05) is 17.3 Å². The van der Waals surface area contributed by atoms with Gasteiger partial charge in [-0.1, -0.05) is 13.8 Å². The van der Waals surface area contributed by atoms with Gasteiger partial charge >= 0.3 is 0 Å². The van der Waals surface area contributed by atoms with Crippen LogP contribution in [0.3, 0.4) is 0 Å². The lowest BCUT2D eigenvalue weighted by Crippen LogP contribution is -2.22. The Bertz CT molecular complexity index is 437. The smallest absolute Gasteiger partial charge is 0.148 e. The van der Waals surface area contributed by atoms with E-state index >= 15 is 0 Å². The van der Waals surface area contributed by atoms with E-state index in [-0.39, 0.29) is 0 Å².